The normalized spacial score (nSPS) is 16.0. The summed E-state index contributed by atoms with van der Waals surface area (Å²) in [5.41, 5.74) is 0. The molecule has 22 heavy (non-hydrogen) atoms. The van der Waals surface area contributed by atoms with Crippen LogP contribution >= 0.6 is 0 Å². The third kappa shape index (κ3) is 3.39. The molecule has 0 atom stereocenters. The molecular weight excluding hydrogens is 278 g/mol. The van der Waals surface area contributed by atoms with Crippen LogP contribution in [-0.2, 0) is 4.79 Å². The van der Waals surface area contributed by atoms with Crippen molar-refractivity contribution >= 4 is 16.7 Å². The molecule has 4 heteroatoms. The minimum atomic E-state index is -0.254. The van der Waals surface area contributed by atoms with Gasteiger partial charge in [0.25, 0.3) is 0 Å². The Labute approximate surface area is 130 Å². The lowest BCUT2D eigenvalue weighted by Gasteiger charge is -2.29. The van der Waals surface area contributed by atoms with Crippen molar-refractivity contribution in [1.82, 2.24) is 4.90 Å². The molecule has 0 saturated carbocycles. The first-order valence-electron chi connectivity index (χ1n) is 7.80. The highest BCUT2D eigenvalue weighted by atomic mass is 16.5. The zero-order valence-corrected chi connectivity index (χ0v) is 12.6. The molecule has 4 nitrogen and oxygen atoms in total. The van der Waals surface area contributed by atoms with E-state index >= 15 is 0 Å². The number of ether oxygens (including phenoxy) is 1. The van der Waals surface area contributed by atoms with Crippen molar-refractivity contribution in [3.05, 3.63) is 42.5 Å². The van der Waals surface area contributed by atoms with E-state index in [2.05, 4.69) is 0 Å². The largest absolute Gasteiger partial charge is 0.492 e. The van der Waals surface area contributed by atoms with E-state index in [9.17, 15) is 9.90 Å². The van der Waals surface area contributed by atoms with E-state index in [1.807, 2.05) is 47.4 Å². The summed E-state index contributed by atoms with van der Waals surface area (Å²) in [5, 5.41) is 11.7. The molecule has 0 aromatic heterocycles. The Hall–Kier alpha value is -2.07. The number of benzene rings is 2. The van der Waals surface area contributed by atoms with E-state index in [1.54, 1.807) is 0 Å². The number of likely N-dealkylation sites (tertiary alicyclic amines) is 1. The minimum absolute atomic E-state index is 0.104. The van der Waals surface area contributed by atoms with Gasteiger partial charge in [0.1, 0.15) is 5.75 Å². The summed E-state index contributed by atoms with van der Waals surface area (Å²) in [6, 6.07) is 14.0. The van der Waals surface area contributed by atoms with Crippen molar-refractivity contribution in [2.75, 3.05) is 19.7 Å². The second-order valence-corrected chi connectivity index (χ2v) is 5.69. The van der Waals surface area contributed by atoms with Crippen molar-refractivity contribution < 1.29 is 14.6 Å². The van der Waals surface area contributed by atoms with Crippen LogP contribution in [0.4, 0.5) is 0 Å². The van der Waals surface area contributed by atoms with Crippen molar-refractivity contribution in [2.45, 2.75) is 25.4 Å². The molecule has 0 spiro atoms. The van der Waals surface area contributed by atoms with Crippen molar-refractivity contribution in [1.29, 1.82) is 0 Å². The molecule has 1 N–H and O–H groups in total. The van der Waals surface area contributed by atoms with Gasteiger partial charge in [-0.25, -0.2) is 0 Å². The number of piperidine rings is 1. The standard InChI is InChI=1S/C18H21NO3/c20-15-8-11-19(12-9-15)18(21)10-13-22-17-7-3-5-14-4-1-2-6-16(14)17/h1-7,15,20H,8-13H2. The SMILES string of the molecule is O=C(CCOc1cccc2ccccc12)N1CCC(O)CC1. The van der Waals surface area contributed by atoms with Crippen LogP contribution in [0.5, 0.6) is 5.75 Å². The molecule has 3 rings (SSSR count). The highest BCUT2D eigenvalue weighted by Crippen LogP contribution is 2.25. The predicted molar refractivity (Wildman–Crippen MR) is 85.9 cm³/mol. The molecule has 0 aliphatic carbocycles. The summed E-state index contributed by atoms with van der Waals surface area (Å²) < 4.78 is 5.80. The Bertz CT molecular complexity index is 642. The van der Waals surface area contributed by atoms with E-state index in [-0.39, 0.29) is 12.0 Å². The second-order valence-electron chi connectivity index (χ2n) is 5.69. The summed E-state index contributed by atoms with van der Waals surface area (Å²) in [7, 11) is 0. The summed E-state index contributed by atoms with van der Waals surface area (Å²) in [4.78, 5) is 13.9. The molecule has 1 heterocycles. The third-order valence-corrected chi connectivity index (χ3v) is 4.14. The van der Waals surface area contributed by atoms with Crippen LogP contribution in [0, 0.1) is 0 Å². The van der Waals surface area contributed by atoms with Gasteiger partial charge in [-0.3, -0.25) is 4.79 Å². The van der Waals surface area contributed by atoms with E-state index in [0.29, 0.717) is 39.0 Å². The number of carbonyl (C=O) groups excluding carboxylic acids is 1. The van der Waals surface area contributed by atoms with E-state index in [4.69, 9.17) is 4.74 Å². The van der Waals surface area contributed by atoms with Gasteiger partial charge in [-0.15, -0.1) is 0 Å². The average Bonchev–Trinajstić information content (AvgIpc) is 2.55. The molecule has 0 unspecified atom stereocenters. The van der Waals surface area contributed by atoms with E-state index < -0.39 is 0 Å². The summed E-state index contributed by atoms with van der Waals surface area (Å²) >= 11 is 0. The minimum Gasteiger partial charge on any atom is -0.492 e. The number of aliphatic hydroxyl groups excluding tert-OH is 1. The Balaban J connectivity index is 1.55. The number of fused-ring (bicyclic) bond motifs is 1. The molecule has 1 fully saturated rings. The Morgan fingerprint density at radius 1 is 1.14 bits per heavy atom. The molecular formula is C18H21NO3. The van der Waals surface area contributed by atoms with Crippen molar-refractivity contribution in [2.24, 2.45) is 0 Å². The van der Waals surface area contributed by atoms with E-state index in [1.165, 1.54) is 0 Å². The molecule has 1 amide bonds. The number of aliphatic hydroxyl groups is 1. The fraction of sp³-hybridized carbons (Fsp3) is 0.389. The fourth-order valence-corrected chi connectivity index (χ4v) is 2.84. The smallest absolute Gasteiger partial charge is 0.226 e. The second kappa shape index (κ2) is 6.79. The van der Waals surface area contributed by atoms with Crippen LogP contribution in [0.1, 0.15) is 19.3 Å². The lowest BCUT2D eigenvalue weighted by atomic mass is 10.1. The molecule has 1 aliphatic heterocycles. The Morgan fingerprint density at radius 2 is 1.86 bits per heavy atom. The number of nitrogens with zero attached hydrogens (tertiary/aromatic N) is 1. The summed E-state index contributed by atoms with van der Waals surface area (Å²) in [6.07, 6.45) is 1.47. The topological polar surface area (TPSA) is 49.8 Å². The zero-order valence-electron chi connectivity index (χ0n) is 12.6. The molecule has 1 aliphatic rings. The van der Waals surface area contributed by atoms with Crippen LogP contribution in [0.25, 0.3) is 10.8 Å². The molecule has 0 bridgehead atoms. The van der Waals surface area contributed by atoms with Gasteiger partial charge in [-0.2, -0.15) is 0 Å². The summed E-state index contributed by atoms with van der Waals surface area (Å²) in [5.74, 6) is 0.923. The van der Waals surface area contributed by atoms with Gasteiger partial charge in [0.15, 0.2) is 0 Å². The van der Waals surface area contributed by atoms with Gasteiger partial charge in [0, 0.05) is 18.5 Å². The Kier molecular flexibility index (Phi) is 4.59. The molecule has 1 saturated heterocycles. The van der Waals surface area contributed by atoms with Crippen LogP contribution < -0.4 is 4.74 Å². The maximum absolute atomic E-state index is 12.1. The van der Waals surface area contributed by atoms with Crippen molar-refractivity contribution in [3.8, 4) is 5.75 Å². The molecule has 0 radical (unpaired) electrons. The lowest BCUT2D eigenvalue weighted by Crippen LogP contribution is -2.40. The fourth-order valence-electron chi connectivity index (χ4n) is 2.84. The summed E-state index contributed by atoms with van der Waals surface area (Å²) in [6.45, 7) is 1.68. The lowest BCUT2D eigenvalue weighted by molar-refractivity contribution is -0.133. The molecule has 2 aromatic rings. The molecule has 2 aromatic carbocycles. The van der Waals surface area contributed by atoms with Gasteiger partial charge in [-0.05, 0) is 24.3 Å². The first-order chi connectivity index (χ1) is 10.7. The monoisotopic (exact) mass is 299 g/mol. The van der Waals surface area contributed by atoms with Gasteiger partial charge < -0.3 is 14.7 Å². The number of amides is 1. The van der Waals surface area contributed by atoms with Gasteiger partial charge in [0.05, 0.1) is 19.1 Å². The average molecular weight is 299 g/mol. The van der Waals surface area contributed by atoms with Crippen LogP contribution in [0.15, 0.2) is 42.5 Å². The maximum atomic E-state index is 12.1. The number of rotatable bonds is 4. The van der Waals surface area contributed by atoms with Crippen molar-refractivity contribution in [3.63, 3.8) is 0 Å². The highest BCUT2D eigenvalue weighted by molar-refractivity contribution is 5.88. The first-order valence-corrected chi connectivity index (χ1v) is 7.80. The zero-order chi connectivity index (χ0) is 15.4. The van der Waals surface area contributed by atoms with Crippen LogP contribution in [0.2, 0.25) is 0 Å². The maximum Gasteiger partial charge on any atom is 0.226 e. The number of carbonyl (C=O) groups is 1. The first kappa shape index (κ1) is 14.9. The van der Waals surface area contributed by atoms with Gasteiger partial charge in [-0.1, -0.05) is 36.4 Å². The Morgan fingerprint density at radius 3 is 2.68 bits per heavy atom. The van der Waals surface area contributed by atoms with Crippen LogP contribution in [0.3, 0.4) is 0 Å². The number of hydrogen-bond donors (Lipinski definition) is 1. The quantitative estimate of drug-likeness (QED) is 0.944. The highest BCUT2D eigenvalue weighted by Gasteiger charge is 2.20. The van der Waals surface area contributed by atoms with Gasteiger partial charge in [0.2, 0.25) is 5.91 Å². The number of hydrogen-bond acceptors (Lipinski definition) is 3. The molecule has 116 valence electrons. The van der Waals surface area contributed by atoms with Crippen LogP contribution in [-0.4, -0.2) is 41.7 Å². The third-order valence-electron chi connectivity index (χ3n) is 4.14. The van der Waals surface area contributed by atoms with Gasteiger partial charge >= 0.3 is 0 Å². The predicted octanol–water partition coefficient (Wildman–Crippen LogP) is 2.59. The van der Waals surface area contributed by atoms with E-state index in [0.717, 1.165) is 16.5 Å².